The zero-order chi connectivity index (χ0) is 30.9. The van der Waals surface area contributed by atoms with Crippen molar-refractivity contribution in [3.05, 3.63) is 29.8 Å². The molecule has 0 unspecified atom stereocenters. The van der Waals surface area contributed by atoms with Crippen molar-refractivity contribution in [1.29, 1.82) is 0 Å². The third-order valence-corrected chi connectivity index (χ3v) is 8.56. The van der Waals surface area contributed by atoms with Crippen LogP contribution in [0.4, 0.5) is 4.79 Å². The minimum Gasteiger partial charge on any atom is -0.487 e. The molecule has 1 fully saturated rings. The zero-order valence-corrected chi connectivity index (χ0v) is 26.4. The second-order valence-corrected chi connectivity index (χ2v) is 13.5. The number of hydrogen-bond acceptors (Lipinski definition) is 7. The first-order valence-corrected chi connectivity index (χ1v) is 15.2. The molecule has 10 nitrogen and oxygen atoms in total. The molecule has 2 N–H and O–H groups in total. The number of aliphatic imine (C=N–C) groups is 1. The van der Waals surface area contributed by atoms with Gasteiger partial charge in [-0.3, -0.25) is 19.8 Å². The summed E-state index contributed by atoms with van der Waals surface area (Å²) in [5.74, 6) is 0.439. The molecule has 1 aromatic rings. The highest BCUT2D eigenvalue weighted by Crippen LogP contribution is 2.47. The first-order valence-electron chi connectivity index (χ1n) is 15.2. The smallest absolute Gasteiger partial charge is 0.414 e. The lowest BCUT2D eigenvalue weighted by molar-refractivity contribution is -0.133. The van der Waals surface area contributed by atoms with Crippen molar-refractivity contribution < 1.29 is 28.6 Å². The number of hydrogen-bond donors (Lipinski definition) is 2. The summed E-state index contributed by atoms with van der Waals surface area (Å²) in [6, 6.07) is 7.27. The Balaban J connectivity index is 1.58. The highest BCUT2D eigenvalue weighted by molar-refractivity contribution is 6.05. The molecule has 0 bridgehead atoms. The van der Waals surface area contributed by atoms with E-state index in [0.717, 1.165) is 11.3 Å². The molecule has 1 aliphatic carbocycles. The van der Waals surface area contributed by atoms with E-state index in [9.17, 15) is 14.4 Å². The highest BCUT2D eigenvalue weighted by Gasteiger charge is 2.53. The van der Waals surface area contributed by atoms with E-state index < -0.39 is 22.8 Å². The van der Waals surface area contributed by atoms with Gasteiger partial charge >= 0.3 is 6.09 Å². The minimum atomic E-state index is -0.715. The molecule has 232 valence electrons. The van der Waals surface area contributed by atoms with E-state index in [1.807, 2.05) is 52.0 Å². The van der Waals surface area contributed by atoms with Crippen LogP contribution in [0.15, 0.2) is 29.3 Å². The van der Waals surface area contributed by atoms with Gasteiger partial charge in [0.25, 0.3) is 0 Å². The first-order chi connectivity index (χ1) is 19.7. The Kier molecular flexibility index (Phi) is 9.25. The topological polar surface area (TPSA) is 119 Å². The average molecular weight is 585 g/mol. The molecule has 0 spiro atoms. The third-order valence-electron chi connectivity index (χ3n) is 8.56. The maximum atomic E-state index is 13.8. The quantitative estimate of drug-likeness (QED) is 0.416. The van der Waals surface area contributed by atoms with Gasteiger partial charge in [-0.15, -0.1) is 0 Å². The van der Waals surface area contributed by atoms with Crippen LogP contribution in [0.2, 0.25) is 0 Å². The van der Waals surface area contributed by atoms with Gasteiger partial charge in [0.2, 0.25) is 17.8 Å². The second kappa shape index (κ2) is 12.2. The highest BCUT2D eigenvalue weighted by atomic mass is 16.6. The molecule has 3 aliphatic rings. The molecule has 10 heteroatoms. The number of alkyl carbamates (subject to hydrolysis) is 1. The van der Waals surface area contributed by atoms with E-state index in [1.54, 1.807) is 32.8 Å². The van der Waals surface area contributed by atoms with Gasteiger partial charge in [0.1, 0.15) is 17.0 Å². The van der Waals surface area contributed by atoms with Crippen molar-refractivity contribution in [3.8, 4) is 5.75 Å². The first kappa shape index (κ1) is 31.8. The number of nitrogens with zero attached hydrogens (tertiary/aromatic N) is 2. The standard InChI is InChI=1S/C32H48N4O6/c1-9-32(10-2)19-26(37)36(28(35-32)34-29(39)42-30(3,4)5)24(15-16-40-8)21-17-22(21)27(38)33-23-18-31(6,7)41-25-14-12-11-13-20(23)25/h11-14,21-24H,9-10,15-19H2,1-8H3,(H,33,38)(H,34,35,39)/t21-,22+,23+,24+/m1/s1. The number of para-hydroxylation sites is 1. The summed E-state index contributed by atoms with van der Waals surface area (Å²) in [5, 5.41) is 6.06. The summed E-state index contributed by atoms with van der Waals surface area (Å²) in [5.41, 5.74) is -0.767. The van der Waals surface area contributed by atoms with Crippen LogP contribution in [0, 0.1) is 11.8 Å². The SMILES string of the molecule is CCC1(CC)CC(=O)N([C@@H](CCOC)[C@@H]2C[C@@H]2C(=O)N[C@H]2CC(C)(C)Oc3ccccc32)C(NC(=O)OC(C)(C)C)=N1. The van der Waals surface area contributed by atoms with E-state index in [4.69, 9.17) is 19.2 Å². The van der Waals surface area contributed by atoms with Crippen LogP contribution in [0.25, 0.3) is 0 Å². The van der Waals surface area contributed by atoms with Crippen molar-refractivity contribution in [3.63, 3.8) is 0 Å². The maximum Gasteiger partial charge on any atom is 0.414 e. The monoisotopic (exact) mass is 584 g/mol. The minimum absolute atomic E-state index is 0.0422. The van der Waals surface area contributed by atoms with E-state index in [-0.39, 0.29) is 48.1 Å². The van der Waals surface area contributed by atoms with Gasteiger partial charge in [0.05, 0.1) is 18.0 Å². The number of ether oxygens (including phenoxy) is 3. The summed E-state index contributed by atoms with van der Waals surface area (Å²) < 4.78 is 17.1. The van der Waals surface area contributed by atoms with Crippen molar-refractivity contribution in [1.82, 2.24) is 15.5 Å². The van der Waals surface area contributed by atoms with Gasteiger partial charge < -0.3 is 19.5 Å². The number of rotatable bonds is 9. The molecule has 0 saturated heterocycles. The maximum absolute atomic E-state index is 13.8. The number of nitrogens with one attached hydrogen (secondary N) is 2. The lowest BCUT2D eigenvalue weighted by atomic mass is 9.87. The lowest BCUT2D eigenvalue weighted by Gasteiger charge is -2.41. The second-order valence-electron chi connectivity index (χ2n) is 13.5. The van der Waals surface area contributed by atoms with Crippen molar-refractivity contribution >= 4 is 23.9 Å². The van der Waals surface area contributed by atoms with Crippen LogP contribution in [-0.4, -0.2) is 65.3 Å². The van der Waals surface area contributed by atoms with Crippen LogP contribution < -0.4 is 15.4 Å². The van der Waals surface area contributed by atoms with Crippen LogP contribution in [0.5, 0.6) is 5.75 Å². The molecular formula is C32H48N4O6. The predicted molar refractivity (Wildman–Crippen MR) is 160 cm³/mol. The Hall–Kier alpha value is -3.14. The number of fused-ring (bicyclic) bond motifs is 1. The number of amides is 3. The fourth-order valence-corrected chi connectivity index (χ4v) is 6.21. The van der Waals surface area contributed by atoms with Crippen LogP contribution in [-0.2, 0) is 19.1 Å². The molecule has 42 heavy (non-hydrogen) atoms. The van der Waals surface area contributed by atoms with Gasteiger partial charge in [-0.2, -0.15) is 0 Å². The molecular weight excluding hydrogens is 536 g/mol. The van der Waals surface area contributed by atoms with Crippen molar-refractivity contribution in [2.75, 3.05) is 13.7 Å². The summed E-state index contributed by atoms with van der Waals surface area (Å²) in [6.45, 7) is 13.8. The van der Waals surface area contributed by atoms with Crippen LogP contribution in [0.3, 0.4) is 0 Å². The molecule has 0 radical (unpaired) electrons. The van der Waals surface area contributed by atoms with Gasteiger partial charge in [-0.1, -0.05) is 32.0 Å². The summed E-state index contributed by atoms with van der Waals surface area (Å²) >= 11 is 0. The summed E-state index contributed by atoms with van der Waals surface area (Å²) in [6.07, 6.45) is 2.66. The number of carbonyl (C=O) groups is 3. The normalized spacial score (nSPS) is 25.0. The van der Waals surface area contributed by atoms with Crippen LogP contribution >= 0.6 is 0 Å². The Bertz CT molecular complexity index is 1200. The lowest BCUT2D eigenvalue weighted by Crippen LogP contribution is -2.59. The van der Waals surface area contributed by atoms with Crippen LogP contribution in [0.1, 0.15) is 98.6 Å². The Morgan fingerprint density at radius 3 is 2.52 bits per heavy atom. The van der Waals surface area contributed by atoms with Gasteiger partial charge in [-0.05, 0) is 72.3 Å². The Morgan fingerprint density at radius 1 is 1.19 bits per heavy atom. The number of methoxy groups -OCH3 is 1. The summed E-state index contributed by atoms with van der Waals surface area (Å²) in [7, 11) is 1.61. The van der Waals surface area contributed by atoms with E-state index in [2.05, 4.69) is 10.6 Å². The third kappa shape index (κ3) is 7.25. The predicted octanol–water partition coefficient (Wildman–Crippen LogP) is 5.12. The molecule has 1 saturated carbocycles. The fourth-order valence-electron chi connectivity index (χ4n) is 6.21. The van der Waals surface area contributed by atoms with Gasteiger partial charge in [-0.25, -0.2) is 9.79 Å². The number of carbonyl (C=O) groups excluding carboxylic acids is 3. The number of benzene rings is 1. The van der Waals surface area contributed by atoms with Crippen molar-refractivity contribution in [2.45, 2.75) is 116 Å². The average Bonchev–Trinajstić information content (AvgIpc) is 3.69. The molecule has 3 amide bonds. The van der Waals surface area contributed by atoms with Crippen molar-refractivity contribution in [2.24, 2.45) is 16.8 Å². The van der Waals surface area contributed by atoms with Gasteiger partial charge in [0.15, 0.2) is 0 Å². The summed E-state index contributed by atoms with van der Waals surface area (Å²) in [4.78, 5) is 46.9. The Morgan fingerprint density at radius 2 is 1.88 bits per heavy atom. The molecule has 2 heterocycles. The molecule has 4 rings (SSSR count). The fraction of sp³-hybridized carbons (Fsp3) is 0.688. The van der Waals surface area contributed by atoms with E-state index >= 15 is 0 Å². The molecule has 0 aromatic heterocycles. The van der Waals surface area contributed by atoms with Gasteiger partial charge in [0, 0.05) is 37.7 Å². The van der Waals surface area contributed by atoms with E-state index in [1.165, 1.54) is 0 Å². The molecule has 4 atom stereocenters. The number of guanidine groups is 1. The largest absolute Gasteiger partial charge is 0.487 e. The molecule has 2 aliphatic heterocycles. The Labute approximate surface area is 249 Å². The zero-order valence-electron chi connectivity index (χ0n) is 26.4. The van der Waals surface area contributed by atoms with E-state index in [0.29, 0.717) is 38.7 Å². The molecule has 1 aromatic carbocycles.